The van der Waals surface area contributed by atoms with E-state index in [0.717, 1.165) is 13.0 Å². The zero-order valence-electron chi connectivity index (χ0n) is 9.90. The van der Waals surface area contributed by atoms with E-state index in [4.69, 9.17) is 0 Å². The van der Waals surface area contributed by atoms with Crippen molar-refractivity contribution in [3.05, 3.63) is 33.1 Å². The Balaban J connectivity index is 2.93. The van der Waals surface area contributed by atoms with Gasteiger partial charge in [-0.3, -0.25) is 9.36 Å². The summed E-state index contributed by atoms with van der Waals surface area (Å²) in [5, 5.41) is 3.09. The summed E-state index contributed by atoms with van der Waals surface area (Å²) in [4.78, 5) is 23.4. The molecule has 0 aliphatic rings. The van der Waals surface area contributed by atoms with Crippen molar-refractivity contribution in [2.45, 2.75) is 33.4 Å². The van der Waals surface area contributed by atoms with Gasteiger partial charge >= 0.3 is 5.69 Å². The number of aryl methyl sites for hydroxylation is 1. The molecule has 1 N–H and O–H groups in total. The normalized spacial score (nSPS) is 10.6. The number of likely N-dealkylation sites (N-methyl/N-ethyl adjacent to an activating group) is 1. The van der Waals surface area contributed by atoms with Gasteiger partial charge in [0.25, 0.3) is 5.56 Å². The van der Waals surface area contributed by atoms with Crippen LogP contribution in [0.25, 0.3) is 0 Å². The van der Waals surface area contributed by atoms with Gasteiger partial charge in [-0.05, 0) is 13.0 Å². The molecule has 0 saturated heterocycles. The summed E-state index contributed by atoms with van der Waals surface area (Å²) in [5.41, 5.74) is -0.442. The summed E-state index contributed by atoms with van der Waals surface area (Å²) in [6.45, 7) is 6.55. The largest absolute Gasteiger partial charge is 0.331 e. The van der Waals surface area contributed by atoms with Gasteiger partial charge in [0.2, 0.25) is 0 Å². The van der Waals surface area contributed by atoms with Crippen molar-refractivity contribution in [3.8, 4) is 0 Å². The van der Waals surface area contributed by atoms with Crippen LogP contribution in [0.15, 0.2) is 21.9 Å². The molecule has 1 aromatic rings. The number of aromatic nitrogens is 2. The maximum Gasteiger partial charge on any atom is 0.331 e. The number of hydrogen-bond donors (Lipinski definition) is 1. The highest BCUT2D eigenvalue weighted by Crippen LogP contribution is 1.83. The fourth-order valence-corrected chi connectivity index (χ4v) is 1.54. The summed E-state index contributed by atoms with van der Waals surface area (Å²) < 4.78 is 2.85. The molecule has 5 nitrogen and oxygen atoms in total. The van der Waals surface area contributed by atoms with E-state index >= 15 is 0 Å². The van der Waals surface area contributed by atoms with Crippen LogP contribution >= 0.6 is 0 Å². The first-order chi connectivity index (χ1) is 7.70. The van der Waals surface area contributed by atoms with E-state index in [1.165, 1.54) is 10.6 Å². The van der Waals surface area contributed by atoms with Gasteiger partial charge in [-0.15, -0.1) is 0 Å². The molecule has 90 valence electrons. The molecule has 0 atom stereocenters. The quantitative estimate of drug-likeness (QED) is 0.695. The third kappa shape index (κ3) is 3.06. The standard InChI is InChI=1S/C11H19N3O2/c1-3-7-13-8-5-10(15)14(11(13)16)9-6-12-4-2/h5,8,12H,3-4,6-7,9H2,1-2H3. The van der Waals surface area contributed by atoms with Crippen molar-refractivity contribution in [2.24, 2.45) is 0 Å². The highest BCUT2D eigenvalue weighted by molar-refractivity contribution is 4.86. The predicted molar refractivity (Wildman–Crippen MR) is 63.8 cm³/mol. The van der Waals surface area contributed by atoms with Crippen LogP contribution in [-0.2, 0) is 13.1 Å². The molecular weight excluding hydrogens is 206 g/mol. The lowest BCUT2D eigenvalue weighted by atomic mass is 10.4. The molecule has 0 unspecified atom stereocenters. The Morgan fingerprint density at radius 3 is 2.62 bits per heavy atom. The molecule has 0 spiro atoms. The molecular formula is C11H19N3O2. The minimum atomic E-state index is -0.227. The van der Waals surface area contributed by atoms with Gasteiger partial charge in [0.1, 0.15) is 0 Å². The third-order valence-electron chi connectivity index (χ3n) is 2.37. The van der Waals surface area contributed by atoms with Crippen LogP contribution in [0.5, 0.6) is 0 Å². The summed E-state index contributed by atoms with van der Waals surface area (Å²) in [6.07, 6.45) is 2.45. The van der Waals surface area contributed by atoms with E-state index in [0.29, 0.717) is 19.6 Å². The first-order valence-electron chi connectivity index (χ1n) is 5.71. The molecule has 0 aromatic carbocycles. The summed E-state index contributed by atoms with van der Waals surface area (Å²) in [6, 6.07) is 1.45. The minimum absolute atomic E-state index is 0.216. The van der Waals surface area contributed by atoms with Crippen molar-refractivity contribution < 1.29 is 0 Å². The topological polar surface area (TPSA) is 56.0 Å². The molecule has 1 aromatic heterocycles. The Hall–Kier alpha value is -1.36. The predicted octanol–water partition coefficient (Wildman–Crippen LogP) is 0.0295. The molecule has 1 heterocycles. The second-order valence-corrected chi connectivity index (χ2v) is 3.64. The van der Waals surface area contributed by atoms with E-state index in [1.54, 1.807) is 10.8 Å². The minimum Gasteiger partial charge on any atom is -0.315 e. The summed E-state index contributed by atoms with van der Waals surface area (Å²) >= 11 is 0. The van der Waals surface area contributed by atoms with E-state index in [9.17, 15) is 9.59 Å². The Labute approximate surface area is 94.7 Å². The van der Waals surface area contributed by atoms with E-state index in [1.807, 2.05) is 13.8 Å². The fourth-order valence-electron chi connectivity index (χ4n) is 1.54. The number of nitrogens with zero attached hydrogens (tertiary/aromatic N) is 2. The average molecular weight is 225 g/mol. The SMILES string of the molecule is CCCn1ccc(=O)n(CCNCC)c1=O. The first kappa shape index (κ1) is 12.7. The Bertz CT molecular complexity index is 434. The lowest BCUT2D eigenvalue weighted by Gasteiger charge is -2.08. The molecule has 0 bridgehead atoms. The molecule has 0 aliphatic heterocycles. The van der Waals surface area contributed by atoms with Crippen LogP contribution in [0.3, 0.4) is 0 Å². The molecule has 16 heavy (non-hydrogen) atoms. The Morgan fingerprint density at radius 2 is 2.00 bits per heavy atom. The highest BCUT2D eigenvalue weighted by atomic mass is 16.2. The molecule has 0 saturated carbocycles. The molecule has 0 fully saturated rings. The van der Waals surface area contributed by atoms with Gasteiger partial charge < -0.3 is 9.88 Å². The van der Waals surface area contributed by atoms with Crippen LogP contribution < -0.4 is 16.6 Å². The summed E-state index contributed by atoms with van der Waals surface area (Å²) in [5.74, 6) is 0. The maximum absolute atomic E-state index is 11.9. The average Bonchev–Trinajstić information content (AvgIpc) is 2.27. The molecule has 0 aliphatic carbocycles. The van der Waals surface area contributed by atoms with Crippen molar-refractivity contribution in [1.29, 1.82) is 0 Å². The monoisotopic (exact) mass is 225 g/mol. The van der Waals surface area contributed by atoms with Gasteiger partial charge in [0, 0.05) is 31.9 Å². The Morgan fingerprint density at radius 1 is 1.25 bits per heavy atom. The zero-order chi connectivity index (χ0) is 12.0. The lowest BCUT2D eigenvalue weighted by Crippen LogP contribution is -2.41. The molecule has 5 heteroatoms. The van der Waals surface area contributed by atoms with Gasteiger partial charge in [-0.25, -0.2) is 4.79 Å². The smallest absolute Gasteiger partial charge is 0.315 e. The van der Waals surface area contributed by atoms with E-state index in [2.05, 4.69) is 5.32 Å². The van der Waals surface area contributed by atoms with Crippen molar-refractivity contribution >= 4 is 0 Å². The van der Waals surface area contributed by atoms with Crippen LogP contribution in [0, 0.1) is 0 Å². The van der Waals surface area contributed by atoms with E-state index < -0.39 is 0 Å². The molecule has 1 rings (SSSR count). The fraction of sp³-hybridized carbons (Fsp3) is 0.636. The van der Waals surface area contributed by atoms with Crippen molar-refractivity contribution in [3.63, 3.8) is 0 Å². The highest BCUT2D eigenvalue weighted by Gasteiger charge is 2.03. The van der Waals surface area contributed by atoms with Gasteiger partial charge in [0.05, 0.1) is 0 Å². The van der Waals surface area contributed by atoms with Crippen molar-refractivity contribution in [2.75, 3.05) is 13.1 Å². The van der Waals surface area contributed by atoms with Crippen molar-refractivity contribution in [1.82, 2.24) is 14.5 Å². The molecule has 0 amide bonds. The number of hydrogen-bond acceptors (Lipinski definition) is 3. The van der Waals surface area contributed by atoms with Crippen LogP contribution in [0.1, 0.15) is 20.3 Å². The number of nitrogens with one attached hydrogen (secondary N) is 1. The summed E-state index contributed by atoms with van der Waals surface area (Å²) in [7, 11) is 0. The maximum atomic E-state index is 11.9. The number of rotatable bonds is 6. The van der Waals surface area contributed by atoms with Gasteiger partial charge in [-0.1, -0.05) is 13.8 Å². The lowest BCUT2D eigenvalue weighted by molar-refractivity contribution is 0.525. The second-order valence-electron chi connectivity index (χ2n) is 3.64. The molecule has 0 radical (unpaired) electrons. The van der Waals surface area contributed by atoms with Crippen LogP contribution in [0.4, 0.5) is 0 Å². The zero-order valence-corrected chi connectivity index (χ0v) is 9.90. The second kappa shape index (κ2) is 6.27. The van der Waals surface area contributed by atoms with E-state index in [-0.39, 0.29) is 11.2 Å². The Kier molecular flexibility index (Phi) is 4.98. The van der Waals surface area contributed by atoms with Crippen LogP contribution in [0.2, 0.25) is 0 Å². The van der Waals surface area contributed by atoms with Crippen LogP contribution in [-0.4, -0.2) is 22.2 Å². The third-order valence-corrected chi connectivity index (χ3v) is 2.37. The van der Waals surface area contributed by atoms with Gasteiger partial charge in [0.15, 0.2) is 0 Å². The van der Waals surface area contributed by atoms with Gasteiger partial charge in [-0.2, -0.15) is 0 Å². The first-order valence-corrected chi connectivity index (χ1v) is 5.71.